The van der Waals surface area contributed by atoms with E-state index in [1.54, 1.807) is 12.1 Å². The molecule has 0 heterocycles. The van der Waals surface area contributed by atoms with Gasteiger partial charge in [0, 0.05) is 30.0 Å². The molecule has 0 atom stereocenters. The fourth-order valence-corrected chi connectivity index (χ4v) is 2.23. The maximum atomic E-state index is 12.2. The Balaban J connectivity index is 2.11. The second-order valence-corrected chi connectivity index (χ2v) is 4.86. The van der Waals surface area contributed by atoms with Crippen molar-refractivity contribution in [3.8, 4) is 6.07 Å². The molecule has 0 aliphatic heterocycles. The highest BCUT2D eigenvalue weighted by molar-refractivity contribution is 6.04. The van der Waals surface area contributed by atoms with E-state index in [1.165, 1.54) is 0 Å². The van der Waals surface area contributed by atoms with Gasteiger partial charge in [-0.05, 0) is 37.3 Å². The topological polar surface area (TPSA) is 56.1 Å². The third kappa shape index (κ3) is 4.10. The van der Waals surface area contributed by atoms with Gasteiger partial charge in [0.15, 0.2) is 0 Å². The number of nitriles is 1. The van der Waals surface area contributed by atoms with Crippen LogP contribution in [0.1, 0.15) is 23.7 Å². The maximum absolute atomic E-state index is 12.2. The molecule has 2 aromatic rings. The summed E-state index contributed by atoms with van der Waals surface area (Å²) in [6.07, 6.45) is 0.481. The zero-order valence-electron chi connectivity index (χ0n) is 12.6. The van der Waals surface area contributed by atoms with Gasteiger partial charge < -0.3 is 10.2 Å². The van der Waals surface area contributed by atoms with Gasteiger partial charge in [-0.1, -0.05) is 24.3 Å². The Hall–Kier alpha value is -2.80. The second kappa shape index (κ2) is 7.84. The summed E-state index contributed by atoms with van der Waals surface area (Å²) in [5.41, 5.74) is 2.38. The molecule has 0 unspecified atom stereocenters. The van der Waals surface area contributed by atoms with Crippen LogP contribution >= 0.6 is 0 Å². The normalized spacial score (nSPS) is 9.82. The van der Waals surface area contributed by atoms with Crippen LogP contribution in [0.25, 0.3) is 0 Å². The van der Waals surface area contributed by atoms with E-state index in [2.05, 4.69) is 16.3 Å². The summed E-state index contributed by atoms with van der Waals surface area (Å²) < 4.78 is 0. The predicted octanol–water partition coefficient (Wildman–Crippen LogP) is 3.68. The largest absolute Gasteiger partial charge is 0.371 e. The number of nitrogens with one attached hydrogen (secondary N) is 1. The number of anilines is 2. The molecule has 0 aliphatic rings. The fourth-order valence-electron chi connectivity index (χ4n) is 2.23. The Bertz CT molecular complexity index is 662. The van der Waals surface area contributed by atoms with Gasteiger partial charge in [-0.2, -0.15) is 5.26 Å². The minimum Gasteiger partial charge on any atom is -0.371 e. The van der Waals surface area contributed by atoms with E-state index in [-0.39, 0.29) is 5.91 Å². The van der Waals surface area contributed by atoms with Crippen molar-refractivity contribution in [3.63, 3.8) is 0 Å². The molecule has 112 valence electrons. The summed E-state index contributed by atoms with van der Waals surface area (Å²) in [7, 11) is 0. The van der Waals surface area contributed by atoms with Crippen molar-refractivity contribution in [1.82, 2.24) is 0 Å². The quantitative estimate of drug-likeness (QED) is 0.884. The highest BCUT2D eigenvalue weighted by atomic mass is 16.1. The molecule has 1 amide bonds. The van der Waals surface area contributed by atoms with Crippen molar-refractivity contribution in [3.05, 3.63) is 60.2 Å². The second-order valence-electron chi connectivity index (χ2n) is 4.86. The van der Waals surface area contributed by atoms with Crippen molar-refractivity contribution >= 4 is 17.3 Å². The first-order valence-corrected chi connectivity index (χ1v) is 7.33. The Kier molecular flexibility index (Phi) is 5.56. The van der Waals surface area contributed by atoms with Crippen LogP contribution in [0, 0.1) is 11.3 Å². The zero-order chi connectivity index (χ0) is 15.8. The zero-order valence-corrected chi connectivity index (χ0v) is 12.6. The number of amides is 1. The van der Waals surface area contributed by atoms with E-state index in [1.807, 2.05) is 49.4 Å². The first kappa shape index (κ1) is 15.6. The molecular weight excluding hydrogens is 274 g/mol. The molecule has 0 saturated heterocycles. The third-order valence-electron chi connectivity index (χ3n) is 3.38. The number of carbonyl (C=O) groups excluding carboxylic acids is 1. The monoisotopic (exact) mass is 293 g/mol. The molecule has 4 heteroatoms. The van der Waals surface area contributed by atoms with Gasteiger partial charge in [-0.25, -0.2) is 0 Å². The molecular formula is C18H19N3O. The van der Waals surface area contributed by atoms with Crippen LogP contribution in [0.5, 0.6) is 0 Å². The Morgan fingerprint density at radius 1 is 1.18 bits per heavy atom. The van der Waals surface area contributed by atoms with Crippen LogP contribution in [0.4, 0.5) is 11.4 Å². The van der Waals surface area contributed by atoms with E-state index in [0.717, 1.165) is 17.9 Å². The van der Waals surface area contributed by atoms with Crippen LogP contribution in [0.3, 0.4) is 0 Å². The van der Waals surface area contributed by atoms with Crippen molar-refractivity contribution in [1.29, 1.82) is 5.26 Å². The highest BCUT2D eigenvalue weighted by Crippen LogP contribution is 2.20. The highest BCUT2D eigenvalue weighted by Gasteiger charge is 2.08. The summed E-state index contributed by atoms with van der Waals surface area (Å²) in [6, 6.07) is 19.0. The molecule has 0 aliphatic carbocycles. The van der Waals surface area contributed by atoms with Crippen molar-refractivity contribution in [2.45, 2.75) is 13.3 Å². The number of nitrogens with zero attached hydrogens (tertiary/aromatic N) is 2. The molecule has 0 radical (unpaired) electrons. The van der Waals surface area contributed by atoms with Gasteiger partial charge in [-0.3, -0.25) is 4.79 Å². The van der Waals surface area contributed by atoms with Crippen LogP contribution < -0.4 is 10.2 Å². The molecule has 0 fully saturated rings. The molecule has 2 aromatic carbocycles. The van der Waals surface area contributed by atoms with Crippen LogP contribution in [-0.4, -0.2) is 19.0 Å². The molecule has 1 N–H and O–H groups in total. The average molecular weight is 293 g/mol. The maximum Gasteiger partial charge on any atom is 0.255 e. The molecule has 2 rings (SSSR count). The molecule has 0 saturated carbocycles. The molecule has 4 nitrogen and oxygen atoms in total. The van der Waals surface area contributed by atoms with E-state index in [0.29, 0.717) is 18.5 Å². The van der Waals surface area contributed by atoms with Crippen LogP contribution in [0.2, 0.25) is 0 Å². The Morgan fingerprint density at radius 3 is 2.64 bits per heavy atom. The Morgan fingerprint density at radius 2 is 1.95 bits per heavy atom. The molecule has 0 bridgehead atoms. The Labute approximate surface area is 131 Å². The lowest BCUT2D eigenvalue weighted by atomic mass is 10.2. The van der Waals surface area contributed by atoms with Crippen LogP contribution in [0.15, 0.2) is 54.6 Å². The number of hydrogen-bond donors (Lipinski definition) is 1. The van der Waals surface area contributed by atoms with Gasteiger partial charge >= 0.3 is 0 Å². The van der Waals surface area contributed by atoms with Crippen LogP contribution in [-0.2, 0) is 0 Å². The van der Waals surface area contributed by atoms with Gasteiger partial charge in [0.1, 0.15) is 0 Å². The van der Waals surface area contributed by atoms with Gasteiger partial charge in [0.2, 0.25) is 0 Å². The lowest BCUT2D eigenvalue weighted by Crippen LogP contribution is -2.23. The van der Waals surface area contributed by atoms with E-state index < -0.39 is 0 Å². The number of benzene rings is 2. The lowest BCUT2D eigenvalue weighted by Gasteiger charge is -2.22. The summed E-state index contributed by atoms with van der Waals surface area (Å²) in [5.74, 6) is -0.127. The van der Waals surface area contributed by atoms with Crippen molar-refractivity contribution in [2.75, 3.05) is 23.3 Å². The van der Waals surface area contributed by atoms with Gasteiger partial charge in [0.25, 0.3) is 5.91 Å². The number of rotatable bonds is 6. The average Bonchev–Trinajstić information content (AvgIpc) is 2.57. The summed E-state index contributed by atoms with van der Waals surface area (Å²) >= 11 is 0. The first-order chi connectivity index (χ1) is 10.7. The molecule has 0 aromatic heterocycles. The van der Waals surface area contributed by atoms with E-state index in [9.17, 15) is 4.79 Å². The molecule has 0 spiro atoms. The minimum atomic E-state index is -0.127. The van der Waals surface area contributed by atoms with Gasteiger partial charge in [0.05, 0.1) is 12.5 Å². The smallest absolute Gasteiger partial charge is 0.255 e. The number of hydrogen-bond acceptors (Lipinski definition) is 3. The first-order valence-electron chi connectivity index (χ1n) is 7.33. The van der Waals surface area contributed by atoms with Crippen molar-refractivity contribution < 1.29 is 4.79 Å². The third-order valence-corrected chi connectivity index (χ3v) is 3.38. The SMILES string of the molecule is CCN(CCC#N)c1cccc(NC(=O)c2ccccc2)c1. The minimum absolute atomic E-state index is 0.127. The fraction of sp³-hybridized carbons (Fsp3) is 0.222. The van der Waals surface area contributed by atoms with E-state index >= 15 is 0 Å². The number of carbonyl (C=O) groups is 1. The standard InChI is InChI=1S/C18H19N3O/c1-2-21(13-7-12-19)17-11-6-10-16(14-17)20-18(22)15-8-4-3-5-9-15/h3-6,8-11,14H,2,7,13H2,1H3,(H,20,22). The summed E-state index contributed by atoms with van der Waals surface area (Å²) in [5, 5.41) is 11.6. The lowest BCUT2D eigenvalue weighted by molar-refractivity contribution is 0.102. The van der Waals surface area contributed by atoms with Crippen molar-refractivity contribution in [2.24, 2.45) is 0 Å². The summed E-state index contributed by atoms with van der Waals surface area (Å²) in [4.78, 5) is 14.3. The van der Waals surface area contributed by atoms with Gasteiger partial charge in [-0.15, -0.1) is 0 Å². The summed E-state index contributed by atoms with van der Waals surface area (Å²) in [6.45, 7) is 3.55. The van der Waals surface area contributed by atoms with E-state index in [4.69, 9.17) is 5.26 Å². The molecule has 22 heavy (non-hydrogen) atoms. The predicted molar refractivity (Wildman–Crippen MR) is 89.0 cm³/mol.